The fraction of sp³-hybridized carbons (Fsp3) is 0.0667. The summed E-state index contributed by atoms with van der Waals surface area (Å²) >= 11 is 5.78. The minimum absolute atomic E-state index is 0.102. The van der Waals surface area contributed by atoms with Crippen LogP contribution in [0.5, 0.6) is 0 Å². The third kappa shape index (κ3) is 2.42. The molecule has 0 aliphatic carbocycles. The molecule has 4 nitrogen and oxygen atoms in total. The van der Waals surface area contributed by atoms with Crippen LogP contribution in [-0.4, -0.2) is 15.6 Å². The number of pyridine rings is 1. The number of carbonyl (C=O) groups excluding carboxylic acids is 1. The molecule has 0 fully saturated rings. The van der Waals surface area contributed by atoms with E-state index in [1.54, 1.807) is 18.2 Å². The van der Waals surface area contributed by atoms with E-state index in [1.165, 1.54) is 24.3 Å². The molecule has 0 N–H and O–H groups in total. The predicted octanol–water partition coefficient (Wildman–Crippen LogP) is 3.49. The van der Waals surface area contributed by atoms with Gasteiger partial charge in [0.15, 0.2) is 0 Å². The van der Waals surface area contributed by atoms with Crippen LogP contribution >= 0.6 is 11.6 Å². The number of rotatable bonds is 2. The Hall–Kier alpha value is -2.47. The predicted molar refractivity (Wildman–Crippen MR) is 75.9 cm³/mol. The minimum Gasteiger partial charge on any atom is -0.529 e. The number of hydrogen-bond acceptors (Lipinski definition) is 3. The first-order valence-electron chi connectivity index (χ1n) is 6.25. The van der Waals surface area contributed by atoms with Gasteiger partial charge in [-0.25, -0.2) is 13.8 Å². The molecule has 2 aromatic heterocycles. The smallest absolute Gasteiger partial charge is 0.263 e. The van der Waals surface area contributed by atoms with Crippen LogP contribution in [0.1, 0.15) is 12.0 Å². The van der Waals surface area contributed by atoms with E-state index in [1.807, 2.05) is 0 Å². The maximum Gasteiger partial charge on any atom is 0.263 e. The molecule has 0 saturated heterocycles. The van der Waals surface area contributed by atoms with Gasteiger partial charge in [0.2, 0.25) is 0 Å². The largest absolute Gasteiger partial charge is 0.529 e. The Bertz CT molecular complexity index is 877. The molecular weight excluding hydrogens is 314 g/mol. The fourth-order valence-corrected chi connectivity index (χ4v) is 2.43. The van der Waals surface area contributed by atoms with Gasteiger partial charge >= 0.3 is 0 Å². The maximum absolute atomic E-state index is 12.8. The van der Waals surface area contributed by atoms with E-state index in [0.717, 1.165) is 4.57 Å². The van der Waals surface area contributed by atoms with Crippen LogP contribution in [0.4, 0.5) is 13.6 Å². The van der Waals surface area contributed by atoms with E-state index in [4.69, 9.17) is 11.6 Å². The number of carboxylic acid groups (broad SMARTS) is 1. The van der Waals surface area contributed by atoms with Crippen molar-refractivity contribution in [1.82, 2.24) is 9.55 Å². The lowest BCUT2D eigenvalue weighted by Crippen LogP contribution is -2.29. The summed E-state index contributed by atoms with van der Waals surface area (Å²) in [6.45, 7) is 0. The lowest BCUT2D eigenvalue weighted by molar-refractivity contribution is -0.249. The minimum atomic E-state index is -2.65. The van der Waals surface area contributed by atoms with E-state index >= 15 is 0 Å². The van der Waals surface area contributed by atoms with Crippen LogP contribution in [0.2, 0.25) is 5.15 Å². The zero-order valence-corrected chi connectivity index (χ0v) is 11.7. The van der Waals surface area contributed by atoms with Crippen LogP contribution in [-0.2, 0) is 0 Å². The van der Waals surface area contributed by atoms with Crippen LogP contribution in [0.15, 0.2) is 42.5 Å². The second kappa shape index (κ2) is 5.38. The third-order valence-electron chi connectivity index (χ3n) is 3.23. The van der Waals surface area contributed by atoms with Gasteiger partial charge in [0, 0.05) is 10.9 Å². The molecule has 0 unspecified atom stereocenters. The van der Waals surface area contributed by atoms with Crippen molar-refractivity contribution in [3.8, 4) is 11.3 Å². The normalized spacial score (nSPS) is 11.3. The number of fused-ring (bicyclic) bond motifs is 1. The zero-order valence-electron chi connectivity index (χ0n) is 11.0. The Morgan fingerprint density at radius 1 is 1.23 bits per heavy atom. The third-order valence-corrected chi connectivity index (χ3v) is 3.44. The summed E-state index contributed by atoms with van der Waals surface area (Å²) in [5, 5.41) is 12.1. The number of nitrogens with zero attached hydrogens (tertiary/aromatic N) is 2. The highest BCUT2D eigenvalue weighted by atomic mass is 35.5. The Labute approximate surface area is 128 Å². The van der Waals surface area contributed by atoms with Gasteiger partial charge in [0.1, 0.15) is 16.9 Å². The van der Waals surface area contributed by atoms with Crippen molar-refractivity contribution in [3.05, 3.63) is 53.2 Å². The Morgan fingerprint density at radius 3 is 2.68 bits per heavy atom. The number of aromatic nitrogens is 2. The summed E-state index contributed by atoms with van der Waals surface area (Å²) in [5.74, 6) is 0. The van der Waals surface area contributed by atoms with Crippen molar-refractivity contribution < 1.29 is 18.7 Å². The highest BCUT2D eigenvalue weighted by molar-refractivity contribution is 6.29. The van der Waals surface area contributed by atoms with Gasteiger partial charge < -0.3 is 9.90 Å². The van der Waals surface area contributed by atoms with Crippen molar-refractivity contribution >= 4 is 28.7 Å². The van der Waals surface area contributed by atoms with E-state index in [9.17, 15) is 18.7 Å². The molecule has 0 radical (unpaired) electrons. The highest BCUT2D eigenvalue weighted by Gasteiger charge is 2.15. The van der Waals surface area contributed by atoms with Crippen molar-refractivity contribution in [2.75, 3.05) is 0 Å². The monoisotopic (exact) mass is 321 g/mol. The Kier molecular flexibility index (Phi) is 3.54. The van der Waals surface area contributed by atoms with E-state index in [0.29, 0.717) is 10.9 Å². The number of halogens is 3. The summed E-state index contributed by atoms with van der Waals surface area (Å²) in [6.07, 6.45) is -4.16. The molecule has 3 aromatic rings. The van der Waals surface area contributed by atoms with Crippen molar-refractivity contribution in [1.29, 1.82) is 0 Å². The molecule has 112 valence electrons. The average molecular weight is 322 g/mol. The maximum atomic E-state index is 12.8. The summed E-state index contributed by atoms with van der Waals surface area (Å²) < 4.78 is 26.5. The summed E-state index contributed by atoms with van der Waals surface area (Å²) in [7, 11) is 0. The molecule has 0 aliphatic rings. The van der Waals surface area contributed by atoms with Crippen molar-refractivity contribution in [3.63, 3.8) is 0 Å². The lowest BCUT2D eigenvalue weighted by atomic mass is 10.1. The van der Waals surface area contributed by atoms with Gasteiger partial charge in [0.25, 0.3) is 6.43 Å². The molecule has 0 bridgehead atoms. The van der Waals surface area contributed by atoms with E-state index in [2.05, 4.69) is 4.98 Å². The second-order valence-electron chi connectivity index (χ2n) is 4.60. The summed E-state index contributed by atoms with van der Waals surface area (Å²) in [6, 6.07) is 10.2. The first-order chi connectivity index (χ1) is 10.5. The first kappa shape index (κ1) is 14.5. The molecule has 7 heteroatoms. The quantitative estimate of drug-likeness (QED) is 0.679. The van der Waals surface area contributed by atoms with Crippen LogP contribution in [0, 0.1) is 0 Å². The van der Waals surface area contributed by atoms with Gasteiger partial charge in [-0.1, -0.05) is 29.8 Å². The molecule has 0 spiro atoms. The van der Waals surface area contributed by atoms with Crippen molar-refractivity contribution in [2.24, 2.45) is 0 Å². The van der Waals surface area contributed by atoms with Crippen molar-refractivity contribution in [2.45, 2.75) is 6.43 Å². The molecule has 22 heavy (non-hydrogen) atoms. The van der Waals surface area contributed by atoms with Crippen LogP contribution < -0.4 is 5.11 Å². The number of carbonyl (C=O) groups is 1. The Balaban J connectivity index is 2.28. The lowest BCUT2D eigenvalue weighted by Gasteiger charge is -2.11. The first-order valence-corrected chi connectivity index (χ1v) is 6.63. The Morgan fingerprint density at radius 2 is 2.00 bits per heavy atom. The summed E-state index contributed by atoms with van der Waals surface area (Å²) in [4.78, 5) is 15.4. The molecule has 2 heterocycles. The molecule has 3 rings (SSSR count). The zero-order chi connectivity index (χ0) is 15.9. The summed E-state index contributed by atoms with van der Waals surface area (Å²) in [5.41, 5.74) is 0.437. The molecule has 0 aliphatic heterocycles. The SMILES string of the molecule is O=C([O-])n1c(-c2cccc(C(F)F)c2)cc2ccc(Cl)nc21. The van der Waals surface area contributed by atoms with E-state index < -0.39 is 12.5 Å². The topological polar surface area (TPSA) is 57.9 Å². The average Bonchev–Trinajstić information content (AvgIpc) is 2.86. The molecule has 0 atom stereocenters. The molecule has 0 amide bonds. The number of hydrogen-bond donors (Lipinski definition) is 0. The molecular formula is C15H8ClF2N2O2-. The fourth-order valence-electron chi connectivity index (χ4n) is 2.28. The van der Waals surface area contributed by atoms with Gasteiger partial charge in [-0.05, 0) is 29.8 Å². The van der Waals surface area contributed by atoms with Crippen LogP contribution in [0.25, 0.3) is 22.3 Å². The molecule has 1 aromatic carbocycles. The molecule has 0 saturated carbocycles. The van der Waals surface area contributed by atoms with Gasteiger partial charge in [-0.3, -0.25) is 4.57 Å². The van der Waals surface area contributed by atoms with Gasteiger partial charge in [-0.2, -0.15) is 0 Å². The van der Waals surface area contributed by atoms with Gasteiger partial charge in [-0.15, -0.1) is 0 Å². The standard InChI is InChI=1S/C15H9ClF2N2O2/c16-12-5-4-10-7-11(20(15(21)22)14(10)19-12)8-2-1-3-9(6-8)13(17)18/h1-7,13H,(H,21,22)/p-1. The highest BCUT2D eigenvalue weighted by Crippen LogP contribution is 2.30. The number of alkyl halides is 2. The number of benzene rings is 1. The second-order valence-corrected chi connectivity index (χ2v) is 4.99. The van der Waals surface area contributed by atoms with E-state index in [-0.39, 0.29) is 22.1 Å². The van der Waals surface area contributed by atoms with Gasteiger partial charge in [0.05, 0.1) is 5.69 Å². The van der Waals surface area contributed by atoms with Crippen LogP contribution in [0.3, 0.4) is 0 Å².